The molecule has 1 heterocycles. The number of anilines is 1. The number of fused-ring (bicyclic) bond motifs is 1. The molecule has 0 saturated heterocycles. The lowest BCUT2D eigenvalue weighted by Gasteiger charge is -2.39. The highest BCUT2D eigenvalue weighted by molar-refractivity contribution is 7.99. The van der Waals surface area contributed by atoms with Gasteiger partial charge in [-0.05, 0) is 30.5 Å². The number of thioether (sulfide) groups is 1. The molecular formula is C14H17NO2S. The van der Waals surface area contributed by atoms with Crippen LogP contribution < -0.4 is 5.32 Å². The number of nitrogens with one attached hydrogen (secondary N) is 1. The van der Waals surface area contributed by atoms with Gasteiger partial charge in [0.25, 0.3) is 0 Å². The molecule has 0 amide bonds. The van der Waals surface area contributed by atoms with Crippen molar-refractivity contribution < 1.29 is 9.53 Å². The van der Waals surface area contributed by atoms with E-state index >= 15 is 0 Å². The summed E-state index contributed by atoms with van der Waals surface area (Å²) in [5.74, 6) is 1.02. The summed E-state index contributed by atoms with van der Waals surface area (Å²) in [6.07, 6.45) is 2.92. The van der Waals surface area contributed by atoms with Crippen LogP contribution in [0, 0.1) is 0 Å². The zero-order valence-electron chi connectivity index (χ0n) is 10.5. The first-order valence-electron chi connectivity index (χ1n) is 6.36. The second-order valence-electron chi connectivity index (χ2n) is 4.91. The molecule has 18 heavy (non-hydrogen) atoms. The summed E-state index contributed by atoms with van der Waals surface area (Å²) in [7, 11) is 1.48. The molecule has 1 aromatic rings. The molecule has 1 aliphatic heterocycles. The van der Waals surface area contributed by atoms with Gasteiger partial charge in [0.05, 0.1) is 12.5 Å². The van der Waals surface area contributed by atoms with Gasteiger partial charge in [-0.2, -0.15) is 0 Å². The number of esters is 1. The third-order valence-corrected chi connectivity index (χ3v) is 5.07. The molecule has 0 unspecified atom stereocenters. The van der Waals surface area contributed by atoms with E-state index in [4.69, 9.17) is 4.74 Å². The summed E-state index contributed by atoms with van der Waals surface area (Å²) in [5.41, 5.74) is 1.89. The van der Waals surface area contributed by atoms with Crippen molar-refractivity contribution >= 4 is 23.4 Å². The SMILES string of the molecule is COC(=O)C1(c2ccc3c(c2)NCCS3)CCC1. The van der Waals surface area contributed by atoms with Gasteiger partial charge in [-0.15, -0.1) is 11.8 Å². The largest absolute Gasteiger partial charge is 0.468 e. The molecule has 0 spiro atoms. The molecule has 1 saturated carbocycles. The third kappa shape index (κ3) is 1.70. The second kappa shape index (κ2) is 4.50. The Bertz CT molecular complexity index is 483. The fourth-order valence-corrected chi connectivity index (χ4v) is 3.65. The number of carbonyl (C=O) groups is 1. The average molecular weight is 263 g/mol. The quantitative estimate of drug-likeness (QED) is 0.833. The number of methoxy groups -OCH3 is 1. The predicted molar refractivity (Wildman–Crippen MR) is 73.2 cm³/mol. The normalized spacial score (nSPS) is 20.3. The van der Waals surface area contributed by atoms with Gasteiger partial charge in [0.15, 0.2) is 0 Å². The van der Waals surface area contributed by atoms with Crippen LogP contribution in [-0.4, -0.2) is 25.4 Å². The number of carbonyl (C=O) groups excluding carboxylic acids is 1. The van der Waals surface area contributed by atoms with Crippen LogP contribution in [0.15, 0.2) is 23.1 Å². The first-order chi connectivity index (χ1) is 8.76. The number of hydrogen-bond acceptors (Lipinski definition) is 4. The van der Waals surface area contributed by atoms with E-state index in [0.29, 0.717) is 0 Å². The summed E-state index contributed by atoms with van der Waals surface area (Å²) in [6.45, 7) is 0.992. The van der Waals surface area contributed by atoms with E-state index in [0.717, 1.165) is 37.1 Å². The highest BCUT2D eigenvalue weighted by atomic mass is 32.2. The lowest BCUT2D eigenvalue weighted by Crippen LogP contribution is -2.43. The van der Waals surface area contributed by atoms with Crippen molar-refractivity contribution in [3.63, 3.8) is 0 Å². The summed E-state index contributed by atoms with van der Waals surface area (Å²) >= 11 is 1.87. The Morgan fingerprint density at radius 3 is 2.94 bits per heavy atom. The average Bonchev–Trinajstić information content (AvgIpc) is 2.37. The van der Waals surface area contributed by atoms with Crippen LogP contribution in [0.3, 0.4) is 0 Å². The molecule has 1 fully saturated rings. The number of benzene rings is 1. The predicted octanol–water partition coefficient (Wildman–Crippen LogP) is 2.80. The molecule has 1 aromatic carbocycles. The van der Waals surface area contributed by atoms with Crippen molar-refractivity contribution in [2.45, 2.75) is 29.6 Å². The van der Waals surface area contributed by atoms with E-state index in [9.17, 15) is 4.79 Å². The molecule has 1 N–H and O–H groups in total. The molecule has 3 rings (SSSR count). The van der Waals surface area contributed by atoms with Crippen molar-refractivity contribution in [2.75, 3.05) is 24.7 Å². The van der Waals surface area contributed by atoms with Crippen LogP contribution in [0.5, 0.6) is 0 Å². The Morgan fingerprint density at radius 1 is 1.44 bits per heavy atom. The Kier molecular flexibility index (Phi) is 2.98. The lowest BCUT2D eigenvalue weighted by molar-refractivity contribution is -0.151. The molecule has 4 heteroatoms. The van der Waals surface area contributed by atoms with Crippen LogP contribution >= 0.6 is 11.8 Å². The minimum Gasteiger partial charge on any atom is -0.468 e. The second-order valence-corrected chi connectivity index (χ2v) is 6.05. The molecular weight excluding hydrogens is 246 g/mol. The fraction of sp³-hybridized carbons (Fsp3) is 0.500. The van der Waals surface area contributed by atoms with Gasteiger partial charge in [-0.25, -0.2) is 0 Å². The van der Waals surface area contributed by atoms with Gasteiger partial charge >= 0.3 is 5.97 Å². The smallest absolute Gasteiger partial charge is 0.316 e. The molecule has 0 radical (unpaired) electrons. The molecule has 0 atom stereocenters. The lowest BCUT2D eigenvalue weighted by atomic mass is 9.64. The van der Waals surface area contributed by atoms with Gasteiger partial charge in [-0.3, -0.25) is 4.79 Å². The van der Waals surface area contributed by atoms with E-state index in [1.807, 2.05) is 11.8 Å². The minimum absolute atomic E-state index is 0.0860. The Balaban J connectivity index is 1.98. The van der Waals surface area contributed by atoms with Gasteiger partial charge in [0.1, 0.15) is 0 Å². The van der Waals surface area contributed by atoms with Crippen molar-refractivity contribution in [1.82, 2.24) is 0 Å². The maximum absolute atomic E-state index is 12.0. The van der Waals surface area contributed by atoms with Crippen LogP contribution in [0.25, 0.3) is 0 Å². The van der Waals surface area contributed by atoms with Gasteiger partial charge < -0.3 is 10.1 Å². The van der Waals surface area contributed by atoms with E-state index in [2.05, 4.69) is 23.5 Å². The van der Waals surface area contributed by atoms with Crippen LogP contribution in [0.4, 0.5) is 5.69 Å². The maximum Gasteiger partial charge on any atom is 0.316 e. The van der Waals surface area contributed by atoms with Crippen molar-refractivity contribution in [2.24, 2.45) is 0 Å². The van der Waals surface area contributed by atoms with Crippen molar-refractivity contribution in [1.29, 1.82) is 0 Å². The molecule has 2 aliphatic rings. The number of ether oxygens (including phenoxy) is 1. The molecule has 96 valence electrons. The summed E-state index contributed by atoms with van der Waals surface area (Å²) in [6, 6.07) is 6.36. The van der Waals surface area contributed by atoms with Gasteiger partial charge in [0.2, 0.25) is 0 Å². The van der Waals surface area contributed by atoms with E-state index in [-0.39, 0.29) is 11.4 Å². The number of hydrogen-bond donors (Lipinski definition) is 1. The topological polar surface area (TPSA) is 38.3 Å². The molecule has 0 bridgehead atoms. The highest BCUT2D eigenvalue weighted by Gasteiger charge is 2.47. The molecule has 0 aromatic heterocycles. The monoisotopic (exact) mass is 263 g/mol. The Labute approximate surface area is 111 Å². The van der Waals surface area contributed by atoms with Gasteiger partial charge in [-0.1, -0.05) is 12.5 Å². The Morgan fingerprint density at radius 2 is 2.28 bits per heavy atom. The Hall–Kier alpha value is -1.16. The van der Waals surface area contributed by atoms with Crippen molar-refractivity contribution in [3.05, 3.63) is 23.8 Å². The van der Waals surface area contributed by atoms with E-state index in [1.54, 1.807) is 0 Å². The molecule has 1 aliphatic carbocycles. The summed E-state index contributed by atoms with van der Waals surface area (Å²) in [5, 5.41) is 3.41. The summed E-state index contributed by atoms with van der Waals surface area (Å²) in [4.78, 5) is 13.3. The van der Waals surface area contributed by atoms with Crippen LogP contribution in [0.2, 0.25) is 0 Å². The highest BCUT2D eigenvalue weighted by Crippen LogP contribution is 2.46. The first kappa shape index (κ1) is 11.9. The standard InChI is InChI=1S/C14H17NO2S/c1-17-13(16)14(5-2-6-14)10-3-4-12-11(9-10)15-7-8-18-12/h3-4,9,15H,2,5-8H2,1H3. The van der Waals surface area contributed by atoms with E-state index < -0.39 is 0 Å². The summed E-state index contributed by atoms with van der Waals surface area (Å²) < 4.78 is 4.99. The maximum atomic E-state index is 12.0. The minimum atomic E-state index is -0.381. The van der Waals surface area contributed by atoms with Gasteiger partial charge in [0, 0.05) is 22.9 Å². The molecule has 3 nitrogen and oxygen atoms in total. The zero-order chi connectivity index (χ0) is 12.6. The van der Waals surface area contributed by atoms with Crippen LogP contribution in [-0.2, 0) is 14.9 Å². The fourth-order valence-electron chi connectivity index (χ4n) is 2.77. The third-order valence-electron chi connectivity index (χ3n) is 3.99. The van der Waals surface area contributed by atoms with E-state index in [1.165, 1.54) is 17.7 Å². The zero-order valence-corrected chi connectivity index (χ0v) is 11.3. The van der Waals surface area contributed by atoms with Crippen molar-refractivity contribution in [3.8, 4) is 0 Å². The number of rotatable bonds is 2. The van der Waals surface area contributed by atoms with Crippen LogP contribution in [0.1, 0.15) is 24.8 Å². The first-order valence-corrected chi connectivity index (χ1v) is 7.34.